The van der Waals surface area contributed by atoms with Crippen molar-refractivity contribution in [2.24, 2.45) is 5.92 Å². The summed E-state index contributed by atoms with van der Waals surface area (Å²) in [5.74, 6) is 1.05. The van der Waals surface area contributed by atoms with Crippen LogP contribution in [0.25, 0.3) is 0 Å². The lowest BCUT2D eigenvalue weighted by atomic mass is 9.91. The zero-order valence-corrected chi connectivity index (χ0v) is 28.2. The lowest BCUT2D eigenvalue weighted by molar-refractivity contribution is -0.268. The highest BCUT2D eigenvalue weighted by molar-refractivity contribution is 7.99. The third-order valence-electron chi connectivity index (χ3n) is 8.37. The maximum Gasteiger partial charge on any atom is 0.328 e. The van der Waals surface area contributed by atoms with Crippen LogP contribution >= 0.6 is 11.8 Å². The number of para-hydroxylation sites is 1. The Balaban J connectivity index is 1.25. The van der Waals surface area contributed by atoms with Crippen LogP contribution in [-0.2, 0) is 38.6 Å². The number of urea groups is 1. The highest BCUT2D eigenvalue weighted by Gasteiger charge is 2.38. The van der Waals surface area contributed by atoms with Crippen molar-refractivity contribution >= 4 is 23.8 Å². The van der Waals surface area contributed by atoms with Crippen molar-refractivity contribution in [3.63, 3.8) is 0 Å². The molecule has 1 saturated heterocycles. The molecule has 5 atom stereocenters. The van der Waals surface area contributed by atoms with Crippen molar-refractivity contribution in [2.75, 3.05) is 20.0 Å². The number of hydrogen-bond donors (Lipinski definition) is 3. The first-order valence-corrected chi connectivity index (χ1v) is 16.9. The summed E-state index contributed by atoms with van der Waals surface area (Å²) in [5, 5.41) is 15.1. The minimum absolute atomic E-state index is 0.0202. The summed E-state index contributed by atoms with van der Waals surface area (Å²) >= 11 is 1.69. The Morgan fingerprint density at radius 2 is 1.50 bits per heavy atom. The van der Waals surface area contributed by atoms with Gasteiger partial charge < -0.3 is 34.7 Å². The molecular formula is C38H42N2O7S. The van der Waals surface area contributed by atoms with Gasteiger partial charge in [0.05, 0.1) is 33.0 Å². The van der Waals surface area contributed by atoms with E-state index >= 15 is 0 Å². The topological polar surface area (TPSA) is 115 Å². The fourth-order valence-corrected chi connectivity index (χ4v) is 6.78. The number of aliphatic hydroxyl groups excluding tert-OH is 1. The smallest absolute Gasteiger partial charge is 0.328 e. The number of carbonyl (C=O) groups is 2. The van der Waals surface area contributed by atoms with Crippen molar-refractivity contribution in [3.05, 3.63) is 131 Å². The highest BCUT2D eigenvalue weighted by Crippen LogP contribution is 2.43. The van der Waals surface area contributed by atoms with Gasteiger partial charge in [-0.05, 0) is 34.4 Å². The molecule has 2 amide bonds. The molecule has 5 rings (SSSR count). The van der Waals surface area contributed by atoms with Crippen molar-refractivity contribution in [2.45, 2.75) is 55.9 Å². The van der Waals surface area contributed by atoms with Gasteiger partial charge in [-0.2, -0.15) is 0 Å². The maximum atomic E-state index is 12.7. The summed E-state index contributed by atoms with van der Waals surface area (Å²) in [6.07, 6.45) is -0.662. The van der Waals surface area contributed by atoms with Gasteiger partial charge >= 0.3 is 12.0 Å². The molecule has 0 spiro atoms. The lowest BCUT2D eigenvalue weighted by Gasteiger charge is -2.41. The van der Waals surface area contributed by atoms with E-state index in [9.17, 15) is 14.7 Å². The van der Waals surface area contributed by atoms with Crippen LogP contribution in [0.3, 0.4) is 0 Å². The Morgan fingerprint density at radius 1 is 0.833 bits per heavy atom. The number of ether oxygens (including phenoxy) is 4. The SMILES string of the molecule is COC(=O)[C@H](Cc1ccccc1)NC(=O)NCc1ccc([C@H]2O[C@@H](CSc3ccccc3OC)[C@@H](C)[C@@H](c3ccc(CO)cc3)O2)cc1. The van der Waals surface area contributed by atoms with Gasteiger partial charge in [0, 0.05) is 35.1 Å². The molecule has 1 aliphatic heterocycles. The van der Waals surface area contributed by atoms with E-state index in [1.165, 1.54) is 7.11 Å². The van der Waals surface area contributed by atoms with Crippen LogP contribution in [0.5, 0.6) is 5.75 Å². The van der Waals surface area contributed by atoms with E-state index in [1.807, 2.05) is 103 Å². The quantitative estimate of drug-likeness (QED) is 0.111. The number of carbonyl (C=O) groups excluding carboxylic acids is 2. The molecule has 0 aromatic heterocycles. The number of nitrogens with one attached hydrogen (secondary N) is 2. The molecule has 48 heavy (non-hydrogen) atoms. The summed E-state index contributed by atoms with van der Waals surface area (Å²) in [5.41, 5.74) is 4.50. The van der Waals surface area contributed by atoms with Gasteiger partial charge in [0.1, 0.15) is 11.8 Å². The third kappa shape index (κ3) is 9.17. The first kappa shape index (κ1) is 35.0. The largest absolute Gasteiger partial charge is 0.496 e. The van der Waals surface area contributed by atoms with Crippen LogP contribution in [0.1, 0.15) is 47.1 Å². The number of methoxy groups -OCH3 is 2. The molecule has 0 bridgehead atoms. The molecule has 0 saturated carbocycles. The number of thioether (sulfide) groups is 1. The van der Waals surface area contributed by atoms with Gasteiger partial charge in [-0.1, -0.05) is 97.9 Å². The van der Waals surface area contributed by atoms with Crippen molar-refractivity contribution in [1.29, 1.82) is 0 Å². The zero-order chi connectivity index (χ0) is 33.9. The number of rotatable bonds is 13. The lowest BCUT2D eigenvalue weighted by Crippen LogP contribution is -2.47. The molecule has 1 heterocycles. The second-order valence-electron chi connectivity index (χ2n) is 11.6. The average molecular weight is 671 g/mol. The van der Waals surface area contributed by atoms with E-state index in [0.29, 0.717) is 12.2 Å². The summed E-state index contributed by atoms with van der Waals surface area (Å²) in [4.78, 5) is 26.1. The summed E-state index contributed by atoms with van der Waals surface area (Å²) in [6, 6.07) is 31.7. The maximum absolute atomic E-state index is 12.7. The van der Waals surface area contributed by atoms with Crippen LogP contribution in [0.15, 0.2) is 108 Å². The molecule has 10 heteroatoms. The van der Waals surface area contributed by atoms with Gasteiger partial charge in [0.15, 0.2) is 6.29 Å². The van der Waals surface area contributed by atoms with Gasteiger partial charge in [0.25, 0.3) is 0 Å². The Bertz CT molecular complexity index is 1620. The van der Waals surface area contributed by atoms with E-state index in [1.54, 1.807) is 18.9 Å². The van der Waals surface area contributed by atoms with Crippen LogP contribution in [0, 0.1) is 5.92 Å². The van der Waals surface area contributed by atoms with Crippen LogP contribution < -0.4 is 15.4 Å². The molecule has 0 unspecified atom stereocenters. The first-order chi connectivity index (χ1) is 23.4. The Labute approximate surface area is 286 Å². The molecule has 4 aromatic rings. The Hall–Kier alpha value is -4.35. The van der Waals surface area contributed by atoms with Gasteiger partial charge in [-0.15, -0.1) is 11.8 Å². The summed E-state index contributed by atoms with van der Waals surface area (Å²) < 4.78 is 23.7. The molecule has 252 valence electrons. The molecule has 0 radical (unpaired) electrons. The Kier molecular flexibility index (Phi) is 12.5. The predicted octanol–water partition coefficient (Wildman–Crippen LogP) is 6.35. The van der Waals surface area contributed by atoms with Crippen LogP contribution in [0.2, 0.25) is 0 Å². The van der Waals surface area contributed by atoms with Crippen molar-refractivity contribution in [3.8, 4) is 5.75 Å². The molecule has 9 nitrogen and oxygen atoms in total. The molecule has 1 aliphatic rings. The highest BCUT2D eigenvalue weighted by atomic mass is 32.2. The van der Waals surface area contributed by atoms with E-state index < -0.39 is 24.3 Å². The van der Waals surface area contributed by atoms with Crippen molar-refractivity contribution in [1.82, 2.24) is 10.6 Å². The first-order valence-electron chi connectivity index (χ1n) is 15.9. The minimum atomic E-state index is -0.815. The monoisotopic (exact) mass is 670 g/mol. The number of hydrogen-bond acceptors (Lipinski definition) is 8. The fourth-order valence-electron chi connectivity index (χ4n) is 5.59. The normalized spacial score (nSPS) is 19.6. The van der Waals surface area contributed by atoms with E-state index in [0.717, 1.165) is 38.5 Å². The summed E-state index contributed by atoms with van der Waals surface area (Å²) in [7, 11) is 2.98. The van der Waals surface area contributed by atoms with Crippen LogP contribution in [0.4, 0.5) is 4.79 Å². The second kappa shape index (κ2) is 17.2. The molecule has 4 aromatic carbocycles. The van der Waals surface area contributed by atoms with E-state index in [-0.39, 0.29) is 31.3 Å². The standard InChI is InChI=1S/C38H42N2O7S/c1-25-33(24-48-34-12-8-7-11-32(34)44-2)46-37(47-35(25)29-17-15-28(23-41)16-18-29)30-19-13-27(14-20-30)22-39-38(43)40-31(36(42)45-3)21-26-9-5-4-6-10-26/h4-20,25,31,33,35,37,41H,21-24H2,1-3H3,(H2,39,40,43)/t25-,31+,33+,35+,37+/m1/s1. The molecular weight excluding hydrogens is 628 g/mol. The molecule has 3 N–H and O–H groups in total. The number of amides is 2. The second-order valence-corrected chi connectivity index (χ2v) is 12.7. The zero-order valence-electron chi connectivity index (χ0n) is 27.3. The summed E-state index contributed by atoms with van der Waals surface area (Å²) in [6.45, 7) is 2.37. The van der Waals surface area contributed by atoms with Gasteiger partial charge in [-0.25, -0.2) is 9.59 Å². The van der Waals surface area contributed by atoms with E-state index in [4.69, 9.17) is 18.9 Å². The number of esters is 1. The van der Waals surface area contributed by atoms with Gasteiger partial charge in [0.2, 0.25) is 0 Å². The third-order valence-corrected chi connectivity index (χ3v) is 9.52. The Morgan fingerprint density at radius 3 is 2.19 bits per heavy atom. The predicted molar refractivity (Wildman–Crippen MR) is 184 cm³/mol. The molecule has 0 aliphatic carbocycles. The van der Waals surface area contributed by atoms with E-state index in [2.05, 4.69) is 17.6 Å². The van der Waals surface area contributed by atoms with Gasteiger partial charge in [-0.3, -0.25) is 0 Å². The number of benzene rings is 4. The van der Waals surface area contributed by atoms with Crippen molar-refractivity contribution < 1.29 is 33.6 Å². The minimum Gasteiger partial charge on any atom is -0.496 e. The number of aliphatic hydroxyl groups is 1. The van der Waals surface area contributed by atoms with Crippen LogP contribution in [-0.4, -0.2) is 49.2 Å². The average Bonchev–Trinajstić information content (AvgIpc) is 3.13. The fraction of sp³-hybridized carbons (Fsp3) is 0.316. The molecule has 1 fully saturated rings.